The number of piperazine rings is 1. The van der Waals surface area contributed by atoms with Gasteiger partial charge in [-0.1, -0.05) is 0 Å². The molecule has 1 aromatic heterocycles. The summed E-state index contributed by atoms with van der Waals surface area (Å²) in [5, 5.41) is 0.793. The molecular weight excluding hydrogens is 354 g/mol. The molecule has 1 atom stereocenters. The van der Waals surface area contributed by atoms with Crippen LogP contribution in [0.4, 0.5) is 9.59 Å². The van der Waals surface area contributed by atoms with Crippen LogP contribution in [-0.2, 0) is 9.47 Å². The van der Waals surface area contributed by atoms with Gasteiger partial charge in [0.2, 0.25) is 0 Å². The predicted octanol–water partition coefficient (Wildman–Crippen LogP) is 3.98. The number of carbonyl (C=O) groups excluding carboxylic acids is 2. The number of nitrogens with zero attached hydrogens (tertiary/aromatic N) is 3. The van der Waals surface area contributed by atoms with Crippen molar-refractivity contribution < 1.29 is 19.1 Å². The number of ether oxygens (including phenoxy) is 2. The molecule has 1 fully saturated rings. The first-order valence-corrected chi connectivity index (χ1v) is 9.57. The van der Waals surface area contributed by atoms with Crippen LogP contribution in [-0.4, -0.2) is 57.8 Å². The van der Waals surface area contributed by atoms with Crippen molar-refractivity contribution in [3.05, 3.63) is 16.1 Å². The number of thiazole rings is 1. The lowest BCUT2D eigenvalue weighted by Gasteiger charge is -2.41. The van der Waals surface area contributed by atoms with Crippen molar-refractivity contribution in [1.29, 1.82) is 0 Å². The SMILES string of the molecule is Cc1cnc(C2CN(C(=O)OC(C)(C)C)CCN2C(=O)OC(C)(C)C)s1. The zero-order valence-electron chi connectivity index (χ0n) is 16.7. The fraction of sp³-hybridized carbons (Fsp3) is 0.722. The van der Waals surface area contributed by atoms with Crippen molar-refractivity contribution in [3.63, 3.8) is 0 Å². The van der Waals surface area contributed by atoms with Crippen LogP contribution in [0.25, 0.3) is 0 Å². The van der Waals surface area contributed by atoms with E-state index in [1.165, 1.54) is 11.3 Å². The zero-order chi connectivity index (χ0) is 19.7. The fourth-order valence-corrected chi connectivity index (χ4v) is 3.43. The molecule has 8 heteroatoms. The van der Waals surface area contributed by atoms with Crippen LogP contribution in [0.3, 0.4) is 0 Å². The van der Waals surface area contributed by atoms with E-state index in [1.54, 1.807) is 16.0 Å². The summed E-state index contributed by atoms with van der Waals surface area (Å²) < 4.78 is 11.0. The molecule has 0 saturated carbocycles. The quantitative estimate of drug-likeness (QED) is 0.733. The summed E-state index contributed by atoms with van der Waals surface area (Å²) in [6.45, 7) is 14.1. The van der Waals surface area contributed by atoms with Crippen LogP contribution in [0, 0.1) is 6.92 Å². The molecule has 1 unspecified atom stereocenters. The molecular formula is C18H29N3O4S. The van der Waals surface area contributed by atoms with Crippen molar-refractivity contribution in [2.75, 3.05) is 19.6 Å². The molecule has 1 aliphatic heterocycles. The van der Waals surface area contributed by atoms with Gasteiger partial charge in [-0.3, -0.25) is 4.90 Å². The fourth-order valence-electron chi connectivity index (χ4n) is 2.55. The molecule has 146 valence electrons. The third-order valence-electron chi connectivity index (χ3n) is 3.58. The van der Waals surface area contributed by atoms with Crippen molar-refractivity contribution in [2.45, 2.75) is 65.7 Å². The first-order valence-electron chi connectivity index (χ1n) is 8.75. The van der Waals surface area contributed by atoms with Crippen molar-refractivity contribution >= 4 is 23.5 Å². The van der Waals surface area contributed by atoms with E-state index in [4.69, 9.17) is 9.47 Å². The van der Waals surface area contributed by atoms with Gasteiger partial charge in [0.15, 0.2) is 0 Å². The number of aryl methyl sites for hydroxylation is 1. The summed E-state index contributed by atoms with van der Waals surface area (Å²) in [4.78, 5) is 33.9. The Bertz CT molecular complexity index is 660. The van der Waals surface area contributed by atoms with Gasteiger partial charge < -0.3 is 14.4 Å². The molecule has 2 heterocycles. The highest BCUT2D eigenvalue weighted by atomic mass is 32.1. The molecule has 0 N–H and O–H groups in total. The molecule has 0 aliphatic carbocycles. The first-order chi connectivity index (χ1) is 11.9. The zero-order valence-corrected chi connectivity index (χ0v) is 17.5. The Morgan fingerprint density at radius 3 is 2.15 bits per heavy atom. The molecule has 0 radical (unpaired) electrons. The Balaban J connectivity index is 2.20. The summed E-state index contributed by atoms with van der Waals surface area (Å²) in [5.41, 5.74) is -1.14. The lowest BCUT2D eigenvalue weighted by atomic mass is 10.1. The highest BCUT2D eigenvalue weighted by molar-refractivity contribution is 7.11. The third-order valence-corrected chi connectivity index (χ3v) is 4.60. The maximum Gasteiger partial charge on any atom is 0.411 e. The predicted molar refractivity (Wildman–Crippen MR) is 100 cm³/mol. The lowest BCUT2D eigenvalue weighted by molar-refractivity contribution is -0.0152. The topological polar surface area (TPSA) is 72.0 Å². The highest BCUT2D eigenvalue weighted by Crippen LogP contribution is 2.30. The second kappa shape index (κ2) is 7.42. The van der Waals surface area contributed by atoms with Gasteiger partial charge in [-0.25, -0.2) is 14.6 Å². The van der Waals surface area contributed by atoms with Gasteiger partial charge in [0, 0.05) is 24.2 Å². The van der Waals surface area contributed by atoms with Crippen LogP contribution in [0.15, 0.2) is 6.20 Å². The van der Waals surface area contributed by atoms with Gasteiger partial charge in [0.1, 0.15) is 22.3 Å². The standard InChI is InChI=1S/C18H29N3O4S/c1-12-10-19-14(26-12)13-11-20(15(22)24-17(2,3)4)8-9-21(13)16(23)25-18(5,6)7/h10,13H,8-9,11H2,1-7H3. The van der Waals surface area contributed by atoms with Crippen LogP contribution >= 0.6 is 11.3 Å². The van der Waals surface area contributed by atoms with Gasteiger partial charge in [-0.2, -0.15) is 0 Å². The number of carbonyl (C=O) groups is 2. The Morgan fingerprint density at radius 2 is 1.65 bits per heavy atom. The maximum absolute atomic E-state index is 12.7. The molecule has 26 heavy (non-hydrogen) atoms. The maximum atomic E-state index is 12.7. The Hall–Kier alpha value is -1.83. The third kappa shape index (κ3) is 5.59. The molecule has 2 rings (SSSR count). The number of rotatable bonds is 1. The van der Waals surface area contributed by atoms with Gasteiger partial charge >= 0.3 is 12.2 Å². The van der Waals surface area contributed by atoms with Crippen molar-refractivity contribution in [3.8, 4) is 0 Å². The van der Waals surface area contributed by atoms with Gasteiger partial charge in [0.25, 0.3) is 0 Å². The summed E-state index contributed by atoms with van der Waals surface area (Å²) in [7, 11) is 0. The molecule has 0 spiro atoms. The number of hydrogen-bond donors (Lipinski definition) is 0. The highest BCUT2D eigenvalue weighted by Gasteiger charge is 2.38. The lowest BCUT2D eigenvalue weighted by Crippen LogP contribution is -2.54. The van der Waals surface area contributed by atoms with Gasteiger partial charge in [0.05, 0.1) is 6.54 Å². The van der Waals surface area contributed by atoms with E-state index in [9.17, 15) is 9.59 Å². The number of amides is 2. The van der Waals surface area contributed by atoms with Gasteiger partial charge in [-0.15, -0.1) is 11.3 Å². The van der Waals surface area contributed by atoms with E-state index in [0.29, 0.717) is 19.6 Å². The summed E-state index contributed by atoms with van der Waals surface area (Å²) in [5.74, 6) is 0. The van der Waals surface area contributed by atoms with Crippen LogP contribution in [0.5, 0.6) is 0 Å². The molecule has 1 saturated heterocycles. The first kappa shape index (κ1) is 20.5. The summed E-state index contributed by atoms with van der Waals surface area (Å²) in [6.07, 6.45) is 1.01. The van der Waals surface area contributed by atoms with Crippen molar-refractivity contribution in [1.82, 2.24) is 14.8 Å². The summed E-state index contributed by atoms with van der Waals surface area (Å²) >= 11 is 1.52. The molecule has 7 nitrogen and oxygen atoms in total. The molecule has 0 bridgehead atoms. The van der Waals surface area contributed by atoms with E-state index >= 15 is 0 Å². The number of hydrogen-bond acceptors (Lipinski definition) is 6. The minimum Gasteiger partial charge on any atom is -0.444 e. The van der Waals surface area contributed by atoms with E-state index in [1.807, 2.05) is 48.5 Å². The molecule has 2 amide bonds. The number of aromatic nitrogens is 1. The van der Waals surface area contributed by atoms with Crippen molar-refractivity contribution in [2.24, 2.45) is 0 Å². The van der Waals surface area contributed by atoms with Crippen LogP contribution in [0.1, 0.15) is 57.5 Å². The average molecular weight is 384 g/mol. The second-order valence-corrected chi connectivity index (χ2v) is 9.69. The van der Waals surface area contributed by atoms with Crippen LogP contribution < -0.4 is 0 Å². The van der Waals surface area contributed by atoms with E-state index < -0.39 is 11.2 Å². The second-order valence-electron chi connectivity index (χ2n) is 8.43. The molecule has 0 aromatic carbocycles. The van der Waals surface area contributed by atoms with E-state index in [2.05, 4.69) is 4.98 Å². The minimum atomic E-state index is -0.581. The average Bonchev–Trinajstić information content (AvgIpc) is 2.89. The molecule has 1 aromatic rings. The Labute approximate surface area is 159 Å². The monoisotopic (exact) mass is 383 g/mol. The van der Waals surface area contributed by atoms with E-state index in [0.717, 1.165) is 9.88 Å². The minimum absolute atomic E-state index is 0.334. The molecule has 1 aliphatic rings. The largest absolute Gasteiger partial charge is 0.444 e. The Morgan fingerprint density at radius 1 is 1.08 bits per heavy atom. The smallest absolute Gasteiger partial charge is 0.411 e. The van der Waals surface area contributed by atoms with Gasteiger partial charge in [-0.05, 0) is 48.5 Å². The summed E-state index contributed by atoms with van der Waals surface area (Å²) in [6, 6.07) is -0.343. The Kier molecular flexibility index (Phi) is 5.85. The normalized spacial score (nSPS) is 18.7. The van der Waals surface area contributed by atoms with E-state index in [-0.39, 0.29) is 18.2 Å². The van der Waals surface area contributed by atoms with Crippen LogP contribution in [0.2, 0.25) is 0 Å².